The Kier molecular flexibility index (Phi) is 7.33. The van der Waals surface area contributed by atoms with Gasteiger partial charge in [-0.25, -0.2) is 0 Å². The van der Waals surface area contributed by atoms with Crippen molar-refractivity contribution in [2.45, 2.75) is 18.5 Å². The quantitative estimate of drug-likeness (QED) is 0.477. The lowest BCUT2D eigenvalue weighted by molar-refractivity contribution is 0.0934. The topological polar surface area (TPSA) is 60.0 Å². The molecule has 1 N–H and O–H groups in total. The highest BCUT2D eigenvalue weighted by atomic mass is 32.1. The molecule has 4 rings (SSSR count). The molecule has 3 aromatic rings. The van der Waals surface area contributed by atoms with Crippen LogP contribution >= 0.6 is 11.3 Å². The highest BCUT2D eigenvalue weighted by Gasteiger charge is 2.33. The van der Waals surface area contributed by atoms with Gasteiger partial charge in [-0.2, -0.15) is 0 Å². The van der Waals surface area contributed by atoms with Crippen LogP contribution in [-0.4, -0.2) is 58.2 Å². The minimum absolute atomic E-state index is 0.0827. The first-order valence-corrected chi connectivity index (χ1v) is 11.8. The van der Waals surface area contributed by atoms with Gasteiger partial charge in [-0.3, -0.25) is 10.1 Å². The predicted octanol–water partition coefficient (Wildman–Crippen LogP) is 4.19. The monoisotopic (exact) mass is 466 g/mol. The van der Waals surface area contributed by atoms with Crippen molar-refractivity contribution in [3.8, 4) is 17.2 Å². The van der Waals surface area contributed by atoms with E-state index < -0.39 is 0 Å². The molecule has 0 bridgehead atoms. The largest absolute Gasteiger partial charge is 0.493 e. The summed E-state index contributed by atoms with van der Waals surface area (Å²) in [4.78, 5) is 16.7. The van der Waals surface area contributed by atoms with Crippen molar-refractivity contribution >= 4 is 17.1 Å². The summed E-state index contributed by atoms with van der Waals surface area (Å²) in [6, 6.07) is 15.1. The molecule has 2 aromatic carbocycles. The number of hydrogen-bond donors (Lipinski definition) is 1. The summed E-state index contributed by atoms with van der Waals surface area (Å²) in [6.45, 7) is 1.45. The highest BCUT2D eigenvalue weighted by Crippen LogP contribution is 2.38. The van der Waals surface area contributed by atoms with Crippen LogP contribution in [0.25, 0.3) is 0 Å². The van der Waals surface area contributed by atoms with Crippen LogP contribution in [0.15, 0.2) is 53.9 Å². The van der Waals surface area contributed by atoms with Crippen LogP contribution in [0, 0.1) is 0 Å². The number of benzene rings is 2. The first kappa shape index (κ1) is 23.3. The van der Waals surface area contributed by atoms with Gasteiger partial charge in [-0.05, 0) is 73.1 Å². The van der Waals surface area contributed by atoms with Gasteiger partial charge in [-0.15, -0.1) is 11.3 Å². The number of Topliss-reactive ketones (excluding diaryl/α,β-unsaturated/α-hetero) is 1. The number of thiophene rings is 1. The SMILES string of the molecule is COc1ccc(C2NC(C(=O)c3ccc(OCCN(C)C)cc3)Cc3sccc32)cc1OC. The van der Waals surface area contributed by atoms with Gasteiger partial charge in [0.15, 0.2) is 17.3 Å². The summed E-state index contributed by atoms with van der Waals surface area (Å²) in [5.74, 6) is 2.21. The Morgan fingerprint density at radius 2 is 1.82 bits per heavy atom. The molecule has 1 aliphatic heterocycles. The lowest BCUT2D eigenvalue weighted by atomic mass is 9.89. The second-order valence-corrected chi connectivity index (χ2v) is 9.31. The van der Waals surface area contributed by atoms with Crippen LogP contribution in [0.3, 0.4) is 0 Å². The number of ether oxygens (including phenoxy) is 3. The zero-order chi connectivity index (χ0) is 23.4. The van der Waals surface area contributed by atoms with Crippen LogP contribution in [0.5, 0.6) is 17.2 Å². The van der Waals surface area contributed by atoms with Crippen molar-refractivity contribution in [1.29, 1.82) is 0 Å². The fourth-order valence-corrected chi connectivity index (χ4v) is 5.01. The van der Waals surface area contributed by atoms with Crippen molar-refractivity contribution in [1.82, 2.24) is 10.2 Å². The van der Waals surface area contributed by atoms with Gasteiger partial charge < -0.3 is 19.1 Å². The smallest absolute Gasteiger partial charge is 0.180 e. The van der Waals surface area contributed by atoms with E-state index in [1.807, 2.05) is 56.6 Å². The lowest BCUT2D eigenvalue weighted by Gasteiger charge is -2.31. The molecule has 0 fully saturated rings. The van der Waals surface area contributed by atoms with Gasteiger partial charge in [-0.1, -0.05) is 6.07 Å². The Morgan fingerprint density at radius 1 is 1.06 bits per heavy atom. The second-order valence-electron chi connectivity index (χ2n) is 8.31. The molecule has 2 atom stereocenters. The number of carbonyl (C=O) groups excluding carboxylic acids is 1. The standard InChI is InChI=1S/C26H30N2O4S/c1-28(2)12-13-32-19-8-5-17(6-9-19)26(29)21-16-24-20(11-14-33-24)25(27-21)18-7-10-22(30-3)23(15-18)31-4/h5-11,14-15,21,25,27H,12-13,16H2,1-4H3. The number of hydrogen-bond acceptors (Lipinski definition) is 7. The number of fused-ring (bicyclic) bond motifs is 1. The van der Waals surface area contributed by atoms with E-state index in [4.69, 9.17) is 14.2 Å². The molecule has 0 aliphatic carbocycles. The zero-order valence-corrected chi connectivity index (χ0v) is 20.3. The summed E-state index contributed by atoms with van der Waals surface area (Å²) >= 11 is 1.70. The Bertz CT molecular complexity index is 1090. The van der Waals surface area contributed by atoms with E-state index in [-0.39, 0.29) is 17.9 Å². The highest BCUT2D eigenvalue weighted by molar-refractivity contribution is 7.10. The van der Waals surface area contributed by atoms with E-state index >= 15 is 0 Å². The summed E-state index contributed by atoms with van der Waals surface area (Å²) < 4.78 is 16.6. The van der Waals surface area contributed by atoms with E-state index in [2.05, 4.69) is 21.7 Å². The van der Waals surface area contributed by atoms with E-state index in [1.54, 1.807) is 25.6 Å². The number of likely N-dealkylation sites (N-methyl/N-ethyl adjacent to an activating group) is 1. The molecule has 0 saturated heterocycles. The third-order valence-electron chi connectivity index (χ3n) is 5.85. The van der Waals surface area contributed by atoms with Crippen LogP contribution < -0.4 is 19.5 Å². The molecule has 33 heavy (non-hydrogen) atoms. The van der Waals surface area contributed by atoms with Gasteiger partial charge in [0.1, 0.15) is 12.4 Å². The summed E-state index contributed by atoms with van der Waals surface area (Å²) in [5.41, 5.74) is 2.92. The summed E-state index contributed by atoms with van der Waals surface area (Å²) in [5, 5.41) is 5.67. The average Bonchev–Trinajstić information content (AvgIpc) is 3.31. The first-order valence-electron chi connectivity index (χ1n) is 11.0. The van der Waals surface area contributed by atoms with E-state index in [1.165, 1.54) is 10.4 Å². The third-order valence-corrected chi connectivity index (χ3v) is 6.81. The minimum Gasteiger partial charge on any atom is -0.493 e. The minimum atomic E-state index is -0.310. The summed E-state index contributed by atoms with van der Waals surface area (Å²) in [6.07, 6.45) is 0.677. The molecular weight excluding hydrogens is 436 g/mol. The maximum atomic E-state index is 13.4. The van der Waals surface area contributed by atoms with Crippen molar-refractivity contribution < 1.29 is 19.0 Å². The van der Waals surface area contributed by atoms with Crippen LogP contribution in [-0.2, 0) is 6.42 Å². The van der Waals surface area contributed by atoms with Crippen LogP contribution in [0.2, 0.25) is 0 Å². The fourth-order valence-electron chi connectivity index (χ4n) is 4.05. The number of rotatable bonds is 9. The fraction of sp³-hybridized carbons (Fsp3) is 0.346. The molecule has 1 aromatic heterocycles. The number of nitrogens with zero attached hydrogens (tertiary/aromatic N) is 1. The Labute approximate surface area is 199 Å². The summed E-state index contributed by atoms with van der Waals surface area (Å²) in [7, 11) is 7.28. The van der Waals surface area contributed by atoms with E-state index in [9.17, 15) is 4.79 Å². The maximum Gasteiger partial charge on any atom is 0.180 e. The normalized spacial score (nSPS) is 17.5. The molecular formula is C26H30N2O4S. The second kappa shape index (κ2) is 10.4. The van der Waals surface area contributed by atoms with Crippen molar-refractivity contribution in [3.63, 3.8) is 0 Å². The van der Waals surface area contributed by atoms with E-state index in [0.717, 1.165) is 17.9 Å². The van der Waals surface area contributed by atoms with Crippen molar-refractivity contribution in [2.24, 2.45) is 0 Å². The average molecular weight is 467 g/mol. The molecule has 7 heteroatoms. The zero-order valence-electron chi connectivity index (χ0n) is 19.5. The molecule has 0 spiro atoms. The predicted molar refractivity (Wildman–Crippen MR) is 131 cm³/mol. The Balaban J connectivity index is 1.53. The molecule has 2 unspecified atom stereocenters. The molecule has 1 aliphatic rings. The van der Waals surface area contributed by atoms with Gasteiger partial charge in [0.2, 0.25) is 0 Å². The molecule has 0 amide bonds. The van der Waals surface area contributed by atoms with Crippen LogP contribution in [0.4, 0.5) is 0 Å². The number of methoxy groups -OCH3 is 2. The van der Waals surface area contributed by atoms with Crippen molar-refractivity contribution in [3.05, 3.63) is 75.5 Å². The number of nitrogens with one attached hydrogen (secondary N) is 1. The third kappa shape index (κ3) is 5.21. The van der Waals surface area contributed by atoms with Gasteiger partial charge in [0.25, 0.3) is 0 Å². The first-order chi connectivity index (χ1) is 16.0. The molecule has 0 saturated carbocycles. The van der Waals surface area contributed by atoms with Crippen molar-refractivity contribution in [2.75, 3.05) is 41.5 Å². The van der Waals surface area contributed by atoms with Crippen LogP contribution in [0.1, 0.15) is 32.4 Å². The molecule has 6 nitrogen and oxygen atoms in total. The Morgan fingerprint density at radius 3 is 2.52 bits per heavy atom. The molecule has 0 radical (unpaired) electrons. The van der Waals surface area contributed by atoms with Gasteiger partial charge in [0.05, 0.1) is 26.3 Å². The van der Waals surface area contributed by atoms with E-state index in [0.29, 0.717) is 30.1 Å². The number of carbonyl (C=O) groups is 1. The molecule has 2 heterocycles. The number of ketones is 1. The lowest BCUT2D eigenvalue weighted by Crippen LogP contribution is -2.44. The molecule has 174 valence electrons. The Hall–Kier alpha value is -2.87. The van der Waals surface area contributed by atoms with Gasteiger partial charge >= 0.3 is 0 Å². The maximum absolute atomic E-state index is 13.4. The van der Waals surface area contributed by atoms with Gasteiger partial charge in [0, 0.05) is 23.4 Å².